The number of carbonyl (C=O) groups excluding carboxylic acids is 2. The molecule has 8 nitrogen and oxygen atoms in total. The summed E-state index contributed by atoms with van der Waals surface area (Å²) >= 11 is 0.981. The van der Waals surface area contributed by atoms with Gasteiger partial charge in [0.25, 0.3) is 5.69 Å². The first kappa shape index (κ1) is 19.6. The molecule has 0 saturated carbocycles. The number of nitro groups is 1. The molecule has 1 aromatic rings. The Labute approximate surface area is 143 Å². The fourth-order valence-corrected chi connectivity index (χ4v) is 2.23. The van der Waals surface area contributed by atoms with Crippen molar-refractivity contribution in [2.45, 2.75) is 31.6 Å². The first-order valence-electron chi connectivity index (χ1n) is 7.29. The van der Waals surface area contributed by atoms with Gasteiger partial charge in [-0.3, -0.25) is 14.9 Å². The highest BCUT2D eigenvalue weighted by Crippen LogP contribution is 2.23. The summed E-state index contributed by atoms with van der Waals surface area (Å²) in [4.78, 5) is 34.0. The van der Waals surface area contributed by atoms with Gasteiger partial charge in [0, 0.05) is 35.4 Å². The minimum absolute atomic E-state index is 0.0201. The van der Waals surface area contributed by atoms with Crippen LogP contribution in [0.1, 0.15) is 26.7 Å². The highest BCUT2D eigenvalue weighted by Gasteiger charge is 2.16. The van der Waals surface area contributed by atoms with Crippen LogP contribution in [0.15, 0.2) is 33.6 Å². The van der Waals surface area contributed by atoms with E-state index in [1.54, 1.807) is 13.8 Å². The van der Waals surface area contributed by atoms with E-state index in [4.69, 9.17) is 9.47 Å². The van der Waals surface area contributed by atoms with Crippen LogP contribution in [0, 0.1) is 10.1 Å². The van der Waals surface area contributed by atoms with Crippen LogP contribution in [-0.4, -0.2) is 35.8 Å². The summed E-state index contributed by atoms with van der Waals surface area (Å²) in [7, 11) is 0. The third-order valence-electron chi connectivity index (χ3n) is 2.69. The number of nitrogens with zero attached hydrogens (tertiary/aromatic N) is 2. The second kappa shape index (κ2) is 10.4. The van der Waals surface area contributed by atoms with Gasteiger partial charge in [0.05, 0.1) is 24.6 Å². The van der Waals surface area contributed by atoms with Crippen molar-refractivity contribution in [2.24, 2.45) is 4.40 Å². The zero-order chi connectivity index (χ0) is 17.9. The molecule has 130 valence electrons. The fourth-order valence-electron chi connectivity index (χ4n) is 1.59. The van der Waals surface area contributed by atoms with Gasteiger partial charge in [-0.2, -0.15) is 0 Å². The molecule has 9 heteroatoms. The summed E-state index contributed by atoms with van der Waals surface area (Å²) in [5, 5.41) is 10.6. The van der Waals surface area contributed by atoms with Crippen LogP contribution in [0.2, 0.25) is 0 Å². The lowest BCUT2D eigenvalue weighted by atomic mass is 10.2. The van der Waals surface area contributed by atoms with E-state index in [1.165, 1.54) is 24.3 Å². The lowest BCUT2D eigenvalue weighted by Crippen LogP contribution is -2.19. The van der Waals surface area contributed by atoms with Crippen LogP contribution in [0.4, 0.5) is 5.69 Å². The highest BCUT2D eigenvalue weighted by atomic mass is 32.2. The Kier molecular flexibility index (Phi) is 8.48. The van der Waals surface area contributed by atoms with Gasteiger partial charge in [-0.15, -0.1) is 0 Å². The quantitative estimate of drug-likeness (QED) is 0.220. The van der Waals surface area contributed by atoms with Gasteiger partial charge < -0.3 is 9.47 Å². The van der Waals surface area contributed by atoms with Crippen LogP contribution >= 0.6 is 11.9 Å². The van der Waals surface area contributed by atoms with Crippen molar-refractivity contribution < 1.29 is 24.0 Å². The monoisotopic (exact) mass is 354 g/mol. The Morgan fingerprint density at radius 1 is 1.12 bits per heavy atom. The normalized spacial score (nSPS) is 11.0. The molecule has 0 fully saturated rings. The Balaban J connectivity index is 2.77. The predicted molar refractivity (Wildman–Crippen MR) is 88.9 cm³/mol. The first-order valence-corrected chi connectivity index (χ1v) is 8.06. The SMILES string of the molecule is CCOC(=O)CC/C(=N\Sc1ccc([N+](=O)[O-])cc1)C(=O)OCC. The van der Waals surface area contributed by atoms with Crippen molar-refractivity contribution in [3.05, 3.63) is 34.4 Å². The van der Waals surface area contributed by atoms with Crippen molar-refractivity contribution in [3.63, 3.8) is 0 Å². The maximum Gasteiger partial charge on any atom is 0.353 e. The molecule has 0 unspecified atom stereocenters. The smallest absolute Gasteiger partial charge is 0.353 e. The van der Waals surface area contributed by atoms with Gasteiger partial charge in [0.15, 0.2) is 0 Å². The van der Waals surface area contributed by atoms with Gasteiger partial charge >= 0.3 is 11.9 Å². The molecule has 0 saturated heterocycles. The molecule has 0 aromatic heterocycles. The molecule has 0 amide bonds. The molecule has 0 heterocycles. The molecule has 24 heavy (non-hydrogen) atoms. The van der Waals surface area contributed by atoms with Crippen molar-refractivity contribution in [1.29, 1.82) is 0 Å². The zero-order valence-electron chi connectivity index (χ0n) is 13.4. The van der Waals surface area contributed by atoms with E-state index in [-0.39, 0.29) is 37.5 Å². The lowest BCUT2D eigenvalue weighted by Gasteiger charge is -2.06. The molecule has 0 aliphatic heterocycles. The van der Waals surface area contributed by atoms with E-state index in [0.717, 1.165) is 11.9 Å². The molecule has 0 aliphatic rings. The molecule has 0 bridgehead atoms. The summed E-state index contributed by atoms with van der Waals surface area (Å²) < 4.78 is 13.8. The number of hydrogen-bond acceptors (Lipinski definition) is 8. The van der Waals surface area contributed by atoms with Gasteiger partial charge in [-0.25, -0.2) is 9.19 Å². The average Bonchev–Trinajstić information content (AvgIpc) is 2.55. The number of benzene rings is 1. The number of rotatable bonds is 9. The van der Waals surface area contributed by atoms with E-state index in [2.05, 4.69) is 4.40 Å². The fraction of sp³-hybridized carbons (Fsp3) is 0.400. The number of hydrogen-bond donors (Lipinski definition) is 0. The summed E-state index contributed by atoms with van der Waals surface area (Å²) in [5.41, 5.74) is 0.0736. The predicted octanol–water partition coefficient (Wildman–Crippen LogP) is 2.95. The number of carbonyl (C=O) groups is 2. The average molecular weight is 354 g/mol. The lowest BCUT2D eigenvalue weighted by molar-refractivity contribution is -0.384. The van der Waals surface area contributed by atoms with E-state index in [9.17, 15) is 19.7 Å². The second-order valence-electron chi connectivity index (χ2n) is 4.41. The zero-order valence-corrected chi connectivity index (χ0v) is 14.2. The summed E-state index contributed by atoms with van der Waals surface area (Å²) in [6.07, 6.45) is 0.115. The first-order chi connectivity index (χ1) is 11.5. The number of ether oxygens (including phenoxy) is 2. The number of non-ortho nitro benzene ring substituents is 1. The maximum absolute atomic E-state index is 11.9. The standard InChI is InChI=1S/C15H18N2O6S/c1-3-22-14(18)10-9-13(15(19)23-4-2)16-24-12-7-5-11(6-8-12)17(20)21/h5-8H,3-4,9-10H2,1-2H3/b16-13+. The Morgan fingerprint density at radius 3 is 2.29 bits per heavy atom. The Morgan fingerprint density at radius 2 is 1.75 bits per heavy atom. The molecule has 0 aliphatic carbocycles. The molecule has 0 atom stereocenters. The van der Waals surface area contributed by atoms with Crippen LogP contribution in [0.3, 0.4) is 0 Å². The number of esters is 2. The van der Waals surface area contributed by atoms with Crippen molar-refractivity contribution in [3.8, 4) is 0 Å². The molecular weight excluding hydrogens is 336 g/mol. The summed E-state index contributed by atoms with van der Waals surface area (Å²) in [6.45, 7) is 3.83. The second-order valence-corrected chi connectivity index (χ2v) is 5.24. The number of nitro benzene ring substituents is 1. The van der Waals surface area contributed by atoms with E-state index >= 15 is 0 Å². The summed E-state index contributed by atoms with van der Waals surface area (Å²) in [5.74, 6) is -1.02. The Hall–Kier alpha value is -2.42. The molecular formula is C15H18N2O6S. The van der Waals surface area contributed by atoms with Crippen molar-refractivity contribution in [2.75, 3.05) is 13.2 Å². The van der Waals surface area contributed by atoms with Crippen molar-refractivity contribution >= 4 is 35.3 Å². The van der Waals surface area contributed by atoms with Crippen LogP contribution in [-0.2, 0) is 19.1 Å². The largest absolute Gasteiger partial charge is 0.466 e. The summed E-state index contributed by atoms with van der Waals surface area (Å²) in [6, 6.07) is 5.75. The van der Waals surface area contributed by atoms with Crippen LogP contribution in [0.25, 0.3) is 0 Å². The molecule has 0 spiro atoms. The molecule has 1 rings (SSSR count). The molecule has 1 aromatic carbocycles. The van der Waals surface area contributed by atoms with Gasteiger partial charge in [0.2, 0.25) is 0 Å². The topological polar surface area (TPSA) is 108 Å². The van der Waals surface area contributed by atoms with Gasteiger partial charge in [-0.1, -0.05) is 0 Å². The van der Waals surface area contributed by atoms with Crippen LogP contribution in [0.5, 0.6) is 0 Å². The third kappa shape index (κ3) is 6.78. The molecule has 0 radical (unpaired) electrons. The minimum Gasteiger partial charge on any atom is -0.466 e. The van der Waals surface area contributed by atoms with E-state index in [0.29, 0.717) is 4.90 Å². The van der Waals surface area contributed by atoms with Crippen LogP contribution < -0.4 is 0 Å². The van der Waals surface area contributed by atoms with E-state index < -0.39 is 16.9 Å². The maximum atomic E-state index is 11.9. The van der Waals surface area contributed by atoms with Gasteiger partial charge in [-0.05, 0) is 26.0 Å². The van der Waals surface area contributed by atoms with Gasteiger partial charge in [0.1, 0.15) is 5.71 Å². The van der Waals surface area contributed by atoms with Crippen molar-refractivity contribution in [1.82, 2.24) is 0 Å². The Bertz CT molecular complexity index is 615. The van der Waals surface area contributed by atoms with E-state index in [1.807, 2.05) is 0 Å². The minimum atomic E-state index is -0.601. The highest BCUT2D eigenvalue weighted by molar-refractivity contribution is 7.98. The molecule has 0 N–H and O–H groups in total. The third-order valence-corrected chi connectivity index (χ3v) is 3.49.